The van der Waals surface area contributed by atoms with Gasteiger partial charge in [-0.05, 0) is 18.2 Å². The van der Waals surface area contributed by atoms with Crippen molar-refractivity contribution < 1.29 is 9.90 Å². The third kappa shape index (κ3) is 2.09. The van der Waals surface area contributed by atoms with Crippen LogP contribution >= 0.6 is 0 Å². The lowest BCUT2D eigenvalue weighted by atomic mass is 10.1. The van der Waals surface area contributed by atoms with E-state index in [0.29, 0.717) is 18.7 Å². The lowest BCUT2D eigenvalue weighted by molar-refractivity contribution is 0.0581. The SMILES string of the molecule is CN(C(=O)c1ccc2nc[nH]c2c1)[C@@H]1CNC[C@H]1O. The van der Waals surface area contributed by atoms with Crippen LogP contribution in [0.1, 0.15) is 10.4 Å². The second-order valence-electron chi connectivity index (χ2n) is 4.84. The Kier molecular flexibility index (Phi) is 2.96. The summed E-state index contributed by atoms with van der Waals surface area (Å²) in [6, 6.07) is 5.19. The summed E-state index contributed by atoms with van der Waals surface area (Å²) in [5.41, 5.74) is 2.27. The predicted molar refractivity (Wildman–Crippen MR) is 70.9 cm³/mol. The number of imidazole rings is 1. The highest BCUT2D eigenvalue weighted by Gasteiger charge is 2.31. The third-order valence-corrected chi connectivity index (χ3v) is 3.64. The number of hydrogen-bond donors (Lipinski definition) is 3. The number of rotatable bonds is 2. The smallest absolute Gasteiger partial charge is 0.254 e. The molecule has 0 spiro atoms. The van der Waals surface area contributed by atoms with Gasteiger partial charge in [-0.25, -0.2) is 4.98 Å². The highest BCUT2D eigenvalue weighted by molar-refractivity contribution is 5.97. The van der Waals surface area contributed by atoms with Gasteiger partial charge in [-0.3, -0.25) is 4.79 Å². The molecule has 0 radical (unpaired) electrons. The number of benzene rings is 1. The Morgan fingerprint density at radius 3 is 3.05 bits per heavy atom. The number of fused-ring (bicyclic) bond motifs is 1. The molecule has 0 unspecified atom stereocenters. The largest absolute Gasteiger partial charge is 0.390 e. The molecule has 6 nitrogen and oxygen atoms in total. The number of aliphatic hydroxyl groups is 1. The van der Waals surface area contributed by atoms with Gasteiger partial charge in [0.2, 0.25) is 0 Å². The van der Waals surface area contributed by atoms with Crippen LogP contribution in [0.25, 0.3) is 11.0 Å². The number of carbonyl (C=O) groups is 1. The zero-order valence-electron chi connectivity index (χ0n) is 10.6. The molecular formula is C13H16N4O2. The summed E-state index contributed by atoms with van der Waals surface area (Å²) in [4.78, 5) is 21.1. The molecule has 0 aliphatic carbocycles. The summed E-state index contributed by atoms with van der Waals surface area (Å²) in [6.07, 6.45) is 1.10. The van der Waals surface area contributed by atoms with Gasteiger partial charge in [-0.15, -0.1) is 0 Å². The Bertz CT molecular complexity index is 609. The van der Waals surface area contributed by atoms with Crippen molar-refractivity contribution in [3.63, 3.8) is 0 Å². The monoisotopic (exact) mass is 260 g/mol. The number of β-amino-alcohol motifs (C(OH)–C–C–N with tert-alkyl or cyclic N) is 1. The maximum atomic E-state index is 12.4. The quantitative estimate of drug-likeness (QED) is 0.708. The molecule has 1 aliphatic rings. The van der Waals surface area contributed by atoms with Crippen molar-refractivity contribution in [2.24, 2.45) is 0 Å². The van der Waals surface area contributed by atoms with Crippen molar-refractivity contribution in [2.75, 3.05) is 20.1 Å². The first kappa shape index (κ1) is 12.1. The predicted octanol–water partition coefficient (Wildman–Crippen LogP) is -0.0324. The fourth-order valence-corrected chi connectivity index (χ4v) is 2.47. The van der Waals surface area contributed by atoms with Crippen LogP contribution in [-0.2, 0) is 0 Å². The molecule has 2 atom stereocenters. The Balaban J connectivity index is 1.86. The van der Waals surface area contributed by atoms with Crippen LogP contribution in [0.4, 0.5) is 0 Å². The molecule has 2 aromatic rings. The average Bonchev–Trinajstić information content (AvgIpc) is 3.04. The first-order chi connectivity index (χ1) is 9.16. The first-order valence-corrected chi connectivity index (χ1v) is 6.26. The minimum atomic E-state index is -0.509. The summed E-state index contributed by atoms with van der Waals surface area (Å²) in [7, 11) is 1.72. The third-order valence-electron chi connectivity index (χ3n) is 3.64. The summed E-state index contributed by atoms with van der Waals surface area (Å²) < 4.78 is 0. The molecule has 0 saturated carbocycles. The minimum absolute atomic E-state index is 0.0933. The van der Waals surface area contributed by atoms with E-state index in [1.807, 2.05) is 6.07 Å². The van der Waals surface area contributed by atoms with E-state index in [1.165, 1.54) is 0 Å². The molecule has 1 amide bonds. The number of carbonyl (C=O) groups excluding carboxylic acids is 1. The van der Waals surface area contributed by atoms with E-state index in [9.17, 15) is 9.90 Å². The number of amides is 1. The van der Waals surface area contributed by atoms with E-state index in [-0.39, 0.29) is 11.9 Å². The molecule has 1 aromatic heterocycles. The second-order valence-corrected chi connectivity index (χ2v) is 4.84. The number of aromatic nitrogens is 2. The van der Waals surface area contributed by atoms with E-state index in [1.54, 1.807) is 30.4 Å². The van der Waals surface area contributed by atoms with Crippen molar-refractivity contribution >= 4 is 16.9 Å². The van der Waals surface area contributed by atoms with Gasteiger partial charge in [0.25, 0.3) is 5.91 Å². The van der Waals surface area contributed by atoms with E-state index >= 15 is 0 Å². The molecule has 1 aliphatic heterocycles. The van der Waals surface area contributed by atoms with E-state index in [2.05, 4.69) is 15.3 Å². The topological polar surface area (TPSA) is 81.2 Å². The molecule has 1 fully saturated rings. The van der Waals surface area contributed by atoms with Gasteiger partial charge < -0.3 is 20.3 Å². The molecule has 2 heterocycles. The number of H-pyrrole nitrogens is 1. The summed E-state index contributed by atoms with van der Waals surface area (Å²) >= 11 is 0. The van der Waals surface area contributed by atoms with Crippen LogP contribution in [-0.4, -0.2) is 58.2 Å². The normalized spacial score (nSPS) is 22.8. The van der Waals surface area contributed by atoms with Gasteiger partial charge in [0.15, 0.2) is 0 Å². The van der Waals surface area contributed by atoms with Crippen molar-refractivity contribution in [2.45, 2.75) is 12.1 Å². The molecule has 3 N–H and O–H groups in total. The lowest BCUT2D eigenvalue weighted by Crippen LogP contribution is -2.44. The number of nitrogens with zero attached hydrogens (tertiary/aromatic N) is 2. The van der Waals surface area contributed by atoms with Crippen LogP contribution in [0.15, 0.2) is 24.5 Å². The van der Waals surface area contributed by atoms with Gasteiger partial charge in [0, 0.05) is 25.7 Å². The molecule has 100 valence electrons. The molecule has 1 saturated heterocycles. The van der Waals surface area contributed by atoms with E-state index < -0.39 is 6.10 Å². The summed E-state index contributed by atoms with van der Waals surface area (Å²) in [5, 5.41) is 12.9. The Hall–Kier alpha value is -1.92. The summed E-state index contributed by atoms with van der Waals surface area (Å²) in [6.45, 7) is 1.15. The van der Waals surface area contributed by atoms with Gasteiger partial charge in [-0.2, -0.15) is 0 Å². The maximum absolute atomic E-state index is 12.4. The van der Waals surface area contributed by atoms with Crippen LogP contribution in [0.5, 0.6) is 0 Å². The van der Waals surface area contributed by atoms with Gasteiger partial charge in [-0.1, -0.05) is 0 Å². The fraction of sp³-hybridized carbons (Fsp3) is 0.385. The van der Waals surface area contributed by atoms with Gasteiger partial charge in [0.1, 0.15) is 0 Å². The molecule has 19 heavy (non-hydrogen) atoms. The molecule has 0 bridgehead atoms. The van der Waals surface area contributed by atoms with Crippen molar-refractivity contribution in [1.29, 1.82) is 0 Å². The Morgan fingerprint density at radius 2 is 2.32 bits per heavy atom. The van der Waals surface area contributed by atoms with Crippen molar-refractivity contribution in [1.82, 2.24) is 20.2 Å². The second kappa shape index (κ2) is 4.64. The van der Waals surface area contributed by atoms with Crippen LogP contribution < -0.4 is 5.32 Å². The maximum Gasteiger partial charge on any atom is 0.254 e. The van der Waals surface area contributed by atoms with E-state index in [0.717, 1.165) is 11.0 Å². The number of likely N-dealkylation sites (N-methyl/N-ethyl adjacent to an activating group) is 1. The van der Waals surface area contributed by atoms with Crippen LogP contribution in [0, 0.1) is 0 Å². The standard InChI is InChI=1S/C13H16N4O2/c1-17(11-5-14-6-12(11)18)13(19)8-2-3-9-10(4-8)16-7-15-9/h2-4,7,11-12,14,18H,5-6H2,1H3,(H,15,16)/t11-,12-/m1/s1. The molecule has 1 aromatic carbocycles. The number of aromatic amines is 1. The number of nitrogens with one attached hydrogen (secondary N) is 2. The Morgan fingerprint density at radius 1 is 1.47 bits per heavy atom. The van der Waals surface area contributed by atoms with Crippen molar-refractivity contribution in [3.05, 3.63) is 30.1 Å². The highest BCUT2D eigenvalue weighted by Crippen LogP contribution is 2.16. The highest BCUT2D eigenvalue weighted by atomic mass is 16.3. The first-order valence-electron chi connectivity index (χ1n) is 6.26. The fourth-order valence-electron chi connectivity index (χ4n) is 2.47. The minimum Gasteiger partial charge on any atom is -0.390 e. The number of hydrogen-bond acceptors (Lipinski definition) is 4. The molecule has 6 heteroatoms. The molecule has 3 rings (SSSR count). The van der Waals surface area contributed by atoms with E-state index in [4.69, 9.17) is 0 Å². The zero-order chi connectivity index (χ0) is 13.4. The molecular weight excluding hydrogens is 244 g/mol. The Labute approximate surface area is 110 Å². The number of aliphatic hydroxyl groups excluding tert-OH is 1. The van der Waals surface area contributed by atoms with Crippen LogP contribution in [0.2, 0.25) is 0 Å². The van der Waals surface area contributed by atoms with Gasteiger partial charge in [0.05, 0.1) is 29.5 Å². The van der Waals surface area contributed by atoms with Gasteiger partial charge >= 0.3 is 0 Å². The summed E-state index contributed by atoms with van der Waals surface area (Å²) in [5.74, 6) is -0.0933. The lowest BCUT2D eigenvalue weighted by Gasteiger charge is -2.26. The zero-order valence-corrected chi connectivity index (χ0v) is 10.6. The average molecular weight is 260 g/mol. The van der Waals surface area contributed by atoms with Crippen LogP contribution in [0.3, 0.4) is 0 Å². The van der Waals surface area contributed by atoms with Crippen molar-refractivity contribution in [3.8, 4) is 0 Å².